The zero-order valence-corrected chi connectivity index (χ0v) is 9.47. The van der Waals surface area contributed by atoms with Crippen molar-refractivity contribution in [2.45, 2.75) is 58.3 Å². The molecule has 0 aliphatic heterocycles. The molecule has 2 aliphatic carbocycles. The van der Waals surface area contributed by atoms with E-state index in [1.165, 1.54) is 44.9 Å². The van der Waals surface area contributed by atoms with Crippen molar-refractivity contribution in [3.8, 4) is 0 Å². The van der Waals surface area contributed by atoms with Crippen LogP contribution in [0.25, 0.3) is 0 Å². The molecule has 0 aromatic carbocycles. The Hall–Kier alpha value is -0.0400. The lowest BCUT2D eigenvalue weighted by molar-refractivity contribution is 0.0305. The Labute approximate surface area is 87.9 Å². The minimum Gasteiger partial charge on any atom is -0.396 e. The van der Waals surface area contributed by atoms with Gasteiger partial charge < -0.3 is 5.11 Å². The molecule has 0 saturated heterocycles. The van der Waals surface area contributed by atoms with Gasteiger partial charge in [-0.1, -0.05) is 19.8 Å². The van der Waals surface area contributed by atoms with Gasteiger partial charge in [-0.25, -0.2) is 0 Å². The van der Waals surface area contributed by atoms with Crippen LogP contribution in [0.2, 0.25) is 0 Å². The molecular formula is C13H24O. The van der Waals surface area contributed by atoms with Crippen LogP contribution in [0, 0.1) is 17.3 Å². The van der Waals surface area contributed by atoms with Crippen LogP contribution < -0.4 is 0 Å². The molecule has 2 saturated carbocycles. The second-order valence-corrected chi connectivity index (χ2v) is 5.75. The van der Waals surface area contributed by atoms with E-state index in [0.717, 1.165) is 18.3 Å². The zero-order valence-electron chi connectivity index (χ0n) is 9.47. The molecule has 2 aliphatic rings. The Morgan fingerprint density at radius 2 is 2.07 bits per heavy atom. The number of fused-ring (bicyclic) bond motifs is 1. The number of hydrogen-bond acceptors (Lipinski definition) is 1. The van der Waals surface area contributed by atoms with Crippen LogP contribution in [0.1, 0.15) is 58.3 Å². The van der Waals surface area contributed by atoms with Gasteiger partial charge in [-0.05, 0) is 55.8 Å². The van der Waals surface area contributed by atoms with Crippen molar-refractivity contribution < 1.29 is 5.11 Å². The Bertz CT molecular complexity index is 190. The Balaban J connectivity index is 1.95. The van der Waals surface area contributed by atoms with Crippen molar-refractivity contribution in [2.75, 3.05) is 6.61 Å². The SMILES string of the molecule is C[C@@]12CCCC[C@H]1C[C@@H](CCO)CC2. The number of aliphatic hydroxyl groups is 1. The minimum absolute atomic E-state index is 0.397. The van der Waals surface area contributed by atoms with Gasteiger partial charge in [0.25, 0.3) is 0 Å². The molecule has 0 aromatic heterocycles. The van der Waals surface area contributed by atoms with E-state index in [0.29, 0.717) is 12.0 Å². The van der Waals surface area contributed by atoms with Crippen molar-refractivity contribution in [2.24, 2.45) is 17.3 Å². The third kappa shape index (κ3) is 1.98. The molecule has 1 heteroatoms. The van der Waals surface area contributed by atoms with Gasteiger partial charge in [-0.2, -0.15) is 0 Å². The van der Waals surface area contributed by atoms with Crippen molar-refractivity contribution in [3.63, 3.8) is 0 Å². The van der Waals surface area contributed by atoms with Gasteiger partial charge in [0.1, 0.15) is 0 Å². The Morgan fingerprint density at radius 1 is 1.21 bits per heavy atom. The second-order valence-electron chi connectivity index (χ2n) is 5.75. The topological polar surface area (TPSA) is 20.2 Å². The van der Waals surface area contributed by atoms with Crippen molar-refractivity contribution >= 4 is 0 Å². The van der Waals surface area contributed by atoms with Gasteiger partial charge in [0.2, 0.25) is 0 Å². The number of aliphatic hydroxyl groups excluding tert-OH is 1. The highest BCUT2D eigenvalue weighted by atomic mass is 16.3. The van der Waals surface area contributed by atoms with Crippen molar-refractivity contribution in [3.05, 3.63) is 0 Å². The van der Waals surface area contributed by atoms with Crippen LogP contribution >= 0.6 is 0 Å². The van der Waals surface area contributed by atoms with E-state index in [9.17, 15) is 0 Å². The van der Waals surface area contributed by atoms with E-state index in [1.54, 1.807) is 0 Å². The molecule has 2 rings (SSSR count). The predicted octanol–water partition coefficient (Wildman–Crippen LogP) is 3.37. The first kappa shape index (κ1) is 10.5. The van der Waals surface area contributed by atoms with Crippen LogP contribution in [0.5, 0.6) is 0 Å². The van der Waals surface area contributed by atoms with E-state index in [-0.39, 0.29) is 0 Å². The highest BCUT2D eigenvalue weighted by Crippen LogP contribution is 2.51. The minimum atomic E-state index is 0.397. The fraction of sp³-hybridized carbons (Fsp3) is 1.00. The normalized spacial score (nSPS) is 43.3. The molecule has 14 heavy (non-hydrogen) atoms. The van der Waals surface area contributed by atoms with Gasteiger partial charge in [-0.15, -0.1) is 0 Å². The maximum absolute atomic E-state index is 8.98. The fourth-order valence-corrected chi connectivity index (χ4v) is 3.70. The molecular weight excluding hydrogens is 172 g/mol. The third-order valence-electron chi connectivity index (χ3n) is 4.81. The summed E-state index contributed by atoms with van der Waals surface area (Å²) in [7, 11) is 0. The summed E-state index contributed by atoms with van der Waals surface area (Å²) in [6, 6.07) is 0. The van der Waals surface area contributed by atoms with Gasteiger partial charge in [-0.3, -0.25) is 0 Å². The smallest absolute Gasteiger partial charge is 0.0433 e. The fourth-order valence-electron chi connectivity index (χ4n) is 3.70. The molecule has 0 unspecified atom stereocenters. The molecule has 82 valence electrons. The zero-order chi connectivity index (χ0) is 10.0. The number of rotatable bonds is 2. The van der Waals surface area contributed by atoms with E-state index in [2.05, 4.69) is 6.92 Å². The second kappa shape index (κ2) is 4.22. The van der Waals surface area contributed by atoms with Gasteiger partial charge in [0.15, 0.2) is 0 Å². The molecule has 1 nitrogen and oxygen atoms in total. The predicted molar refractivity (Wildman–Crippen MR) is 59.1 cm³/mol. The molecule has 2 fully saturated rings. The average molecular weight is 196 g/mol. The lowest BCUT2D eigenvalue weighted by Crippen LogP contribution is -2.36. The van der Waals surface area contributed by atoms with Crippen LogP contribution in [-0.4, -0.2) is 11.7 Å². The largest absolute Gasteiger partial charge is 0.396 e. The van der Waals surface area contributed by atoms with Crippen LogP contribution in [0.4, 0.5) is 0 Å². The summed E-state index contributed by atoms with van der Waals surface area (Å²) in [6.07, 6.45) is 11.1. The third-order valence-corrected chi connectivity index (χ3v) is 4.81. The molecule has 0 aromatic rings. The van der Waals surface area contributed by atoms with Crippen LogP contribution in [0.3, 0.4) is 0 Å². The van der Waals surface area contributed by atoms with E-state index < -0.39 is 0 Å². The Kier molecular flexibility index (Phi) is 3.16. The molecule has 0 bridgehead atoms. The van der Waals surface area contributed by atoms with Gasteiger partial charge >= 0.3 is 0 Å². The van der Waals surface area contributed by atoms with Crippen molar-refractivity contribution in [1.29, 1.82) is 0 Å². The first-order valence-electron chi connectivity index (χ1n) is 6.35. The highest BCUT2D eigenvalue weighted by Gasteiger charge is 2.40. The maximum atomic E-state index is 8.98. The quantitative estimate of drug-likeness (QED) is 0.718. The van der Waals surface area contributed by atoms with Crippen molar-refractivity contribution in [1.82, 2.24) is 0 Å². The molecule has 0 amide bonds. The molecule has 0 spiro atoms. The summed E-state index contributed by atoms with van der Waals surface area (Å²) < 4.78 is 0. The lowest BCUT2D eigenvalue weighted by atomic mass is 9.58. The first-order chi connectivity index (χ1) is 6.74. The monoisotopic (exact) mass is 196 g/mol. The molecule has 0 heterocycles. The first-order valence-corrected chi connectivity index (χ1v) is 6.35. The van der Waals surface area contributed by atoms with E-state index in [1.807, 2.05) is 0 Å². The molecule has 1 N–H and O–H groups in total. The summed E-state index contributed by atoms with van der Waals surface area (Å²) in [6.45, 7) is 2.90. The number of hydrogen-bond donors (Lipinski definition) is 1. The summed E-state index contributed by atoms with van der Waals surface area (Å²) >= 11 is 0. The molecule has 0 radical (unpaired) electrons. The van der Waals surface area contributed by atoms with Crippen LogP contribution in [0.15, 0.2) is 0 Å². The molecule has 3 atom stereocenters. The summed E-state index contributed by atoms with van der Waals surface area (Å²) in [4.78, 5) is 0. The summed E-state index contributed by atoms with van der Waals surface area (Å²) in [5, 5.41) is 8.98. The van der Waals surface area contributed by atoms with Crippen LogP contribution in [-0.2, 0) is 0 Å². The van der Waals surface area contributed by atoms with E-state index >= 15 is 0 Å². The summed E-state index contributed by atoms with van der Waals surface area (Å²) in [5.41, 5.74) is 0.671. The van der Waals surface area contributed by atoms with Gasteiger partial charge in [0, 0.05) is 6.61 Å². The maximum Gasteiger partial charge on any atom is 0.0433 e. The Morgan fingerprint density at radius 3 is 2.86 bits per heavy atom. The lowest BCUT2D eigenvalue weighted by Gasteiger charge is -2.47. The van der Waals surface area contributed by atoms with Gasteiger partial charge in [0.05, 0.1) is 0 Å². The standard InChI is InChI=1S/C13H24O/c1-13-7-3-2-4-12(13)10-11(5-8-13)6-9-14/h11-12,14H,2-10H2,1H3/t11-,12+,13+/m1/s1. The highest BCUT2D eigenvalue weighted by molar-refractivity contribution is 4.91. The summed E-state index contributed by atoms with van der Waals surface area (Å²) in [5.74, 6) is 1.80. The average Bonchev–Trinajstić information content (AvgIpc) is 2.19. The van der Waals surface area contributed by atoms with E-state index in [4.69, 9.17) is 5.11 Å².